The monoisotopic (exact) mass is 443 g/mol. The molecule has 2 rings (SSSR count). The standard InChI is InChI=1S/C19H21F4N5O3/c1-10-8-13(9-15(25-10)26-12(3)29)11(2)18(4,19(22,23)17(20)21)31-28-16(30)14-6-5-7-24-27-14/h5-9,11,17H,1-4H3,(H,28,30)(H,25,26,29). The number of carbonyl (C=O) groups is 2. The van der Waals surface area contributed by atoms with Gasteiger partial charge in [-0.25, -0.2) is 19.2 Å². The summed E-state index contributed by atoms with van der Waals surface area (Å²) in [6.07, 6.45) is -2.81. The van der Waals surface area contributed by atoms with Crippen LogP contribution in [0.4, 0.5) is 23.4 Å². The van der Waals surface area contributed by atoms with E-state index in [1.165, 1.54) is 44.3 Å². The first-order valence-corrected chi connectivity index (χ1v) is 9.06. The third kappa shape index (κ3) is 5.32. The maximum absolute atomic E-state index is 14.7. The van der Waals surface area contributed by atoms with Gasteiger partial charge in [-0.3, -0.25) is 14.4 Å². The number of nitrogens with one attached hydrogen (secondary N) is 2. The van der Waals surface area contributed by atoms with Gasteiger partial charge in [0, 0.05) is 24.7 Å². The Hall–Kier alpha value is -3.15. The highest BCUT2D eigenvalue weighted by atomic mass is 19.3. The molecule has 2 N–H and O–H groups in total. The van der Waals surface area contributed by atoms with Gasteiger partial charge in [0.1, 0.15) is 5.82 Å². The molecule has 2 amide bonds. The summed E-state index contributed by atoms with van der Waals surface area (Å²) in [7, 11) is 0. The predicted octanol–water partition coefficient (Wildman–Crippen LogP) is 3.26. The number of amides is 2. The molecule has 0 radical (unpaired) electrons. The minimum atomic E-state index is -4.67. The fraction of sp³-hybridized carbons (Fsp3) is 0.421. The highest BCUT2D eigenvalue weighted by Gasteiger charge is 2.62. The summed E-state index contributed by atoms with van der Waals surface area (Å²) >= 11 is 0. The van der Waals surface area contributed by atoms with Crippen LogP contribution in [0.2, 0.25) is 0 Å². The van der Waals surface area contributed by atoms with Crippen LogP contribution in [0.25, 0.3) is 0 Å². The Morgan fingerprint density at radius 3 is 2.45 bits per heavy atom. The van der Waals surface area contributed by atoms with Crippen LogP contribution >= 0.6 is 0 Å². The molecule has 2 aromatic rings. The van der Waals surface area contributed by atoms with Crippen molar-refractivity contribution in [3.8, 4) is 0 Å². The summed E-state index contributed by atoms with van der Waals surface area (Å²) in [6, 6.07) is 5.28. The molecule has 0 aliphatic carbocycles. The van der Waals surface area contributed by atoms with Crippen molar-refractivity contribution >= 4 is 17.6 Å². The maximum Gasteiger partial charge on any atom is 0.338 e. The lowest BCUT2D eigenvalue weighted by Gasteiger charge is -2.40. The summed E-state index contributed by atoms with van der Waals surface area (Å²) in [6.45, 7) is 4.76. The molecule has 2 unspecified atom stereocenters. The van der Waals surface area contributed by atoms with Gasteiger partial charge in [0.05, 0.1) is 0 Å². The van der Waals surface area contributed by atoms with Crippen LogP contribution in [-0.2, 0) is 9.63 Å². The number of hydrogen-bond acceptors (Lipinski definition) is 6. The Bertz CT molecular complexity index is 945. The quantitative estimate of drug-likeness (QED) is 0.479. The topological polar surface area (TPSA) is 106 Å². The molecule has 2 atom stereocenters. The molecule has 0 fully saturated rings. The summed E-state index contributed by atoms with van der Waals surface area (Å²) in [5.41, 5.74) is -0.896. The molecule has 0 saturated heterocycles. The Balaban J connectivity index is 2.42. The summed E-state index contributed by atoms with van der Waals surface area (Å²) in [5, 5.41) is 9.40. The zero-order valence-electron chi connectivity index (χ0n) is 17.1. The van der Waals surface area contributed by atoms with Crippen LogP contribution in [0.3, 0.4) is 0 Å². The van der Waals surface area contributed by atoms with Gasteiger partial charge in [-0.1, -0.05) is 6.92 Å². The number of alkyl halides is 4. The molecule has 31 heavy (non-hydrogen) atoms. The highest BCUT2D eigenvalue weighted by Crippen LogP contribution is 2.46. The lowest BCUT2D eigenvalue weighted by molar-refractivity contribution is -0.274. The number of aromatic nitrogens is 3. The van der Waals surface area contributed by atoms with Crippen molar-refractivity contribution in [2.75, 3.05) is 5.32 Å². The van der Waals surface area contributed by atoms with Crippen LogP contribution in [0, 0.1) is 6.92 Å². The van der Waals surface area contributed by atoms with Crippen LogP contribution in [-0.4, -0.2) is 44.9 Å². The van der Waals surface area contributed by atoms with E-state index in [9.17, 15) is 27.2 Å². The molecule has 2 heterocycles. The van der Waals surface area contributed by atoms with E-state index < -0.39 is 35.7 Å². The Kier molecular flexibility index (Phi) is 7.26. The van der Waals surface area contributed by atoms with Gasteiger partial charge in [-0.2, -0.15) is 13.9 Å². The molecule has 8 nitrogen and oxygen atoms in total. The van der Waals surface area contributed by atoms with Gasteiger partial charge in [0.2, 0.25) is 5.91 Å². The van der Waals surface area contributed by atoms with Gasteiger partial charge >= 0.3 is 12.3 Å². The minimum absolute atomic E-state index is 0.0562. The highest BCUT2D eigenvalue weighted by molar-refractivity contribution is 5.91. The Morgan fingerprint density at radius 2 is 1.90 bits per heavy atom. The van der Waals surface area contributed by atoms with Gasteiger partial charge < -0.3 is 5.32 Å². The molecule has 12 heteroatoms. The fourth-order valence-corrected chi connectivity index (χ4v) is 2.80. The fourth-order valence-electron chi connectivity index (χ4n) is 2.80. The summed E-state index contributed by atoms with van der Waals surface area (Å²) in [4.78, 5) is 32.5. The number of carbonyl (C=O) groups excluding carboxylic acids is 2. The van der Waals surface area contributed by atoms with E-state index in [2.05, 4.69) is 20.5 Å². The number of hydrogen-bond donors (Lipinski definition) is 2. The van der Waals surface area contributed by atoms with E-state index in [4.69, 9.17) is 4.84 Å². The third-order valence-corrected chi connectivity index (χ3v) is 4.70. The van der Waals surface area contributed by atoms with E-state index in [1.54, 1.807) is 12.4 Å². The minimum Gasteiger partial charge on any atom is -0.311 e. The molecule has 168 valence electrons. The largest absolute Gasteiger partial charge is 0.338 e. The average molecular weight is 443 g/mol. The van der Waals surface area contributed by atoms with Gasteiger partial charge in [0.15, 0.2) is 11.3 Å². The maximum atomic E-state index is 14.7. The van der Waals surface area contributed by atoms with Crippen molar-refractivity contribution in [3.05, 3.63) is 47.4 Å². The van der Waals surface area contributed by atoms with Crippen LogP contribution < -0.4 is 10.8 Å². The number of anilines is 1. The number of halogens is 4. The number of hydroxylamine groups is 1. The van der Waals surface area contributed by atoms with Crippen LogP contribution in [0.5, 0.6) is 0 Å². The van der Waals surface area contributed by atoms with Crippen LogP contribution in [0.1, 0.15) is 48.4 Å². The molecular weight excluding hydrogens is 422 g/mol. The van der Waals surface area contributed by atoms with Crippen molar-refractivity contribution < 1.29 is 32.0 Å². The first-order chi connectivity index (χ1) is 14.4. The van der Waals surface area contributed by atoms with Crippen LogP contribution in [0.15, 0.2) is 30.5 Å². The average Bonchev–Trinajstić information content (AvgIpc) is 2.70. The normalized spacial score (nSPS) is 14.6. The predicted molar refractivity (Wildman–Crippen MR) is 102 cm³/mol. The second kappa shape index (κ2) is 9.33. The number of rotatable bonds is 8. The van der Waals surface area contributed by atoms with Crippen molar-refractivity contribution in [2.45, 2.75) is 51.6 Å². The van der Waals surface area contributed by atoms with Crippen molar-refractivity contribution in [2.24, 2.45) is 0 Å². The lowest BCUT2D eigenvalue weighted by atomic mass is 9.80. The van der Waals surface area contributed by atoms with E-state index in [0.717, 1.165) is 6.92 Å². The molecular formula is C19H21F4N5O3. The molecule has 0 aliphatic heterocycles. The van der Waals surface area contributed by atoms with E-state index in [-0.39, 0.29) is 17.1 Å². The summed E-state index contributed by atoms with van der Waals surface area (Å²) < 4.78 is 56.0. The second-order valence-electron chi connectivity index (χ2n) is 7.00. The zero-order chi connectivity index (χ0) is 23.4. The molecule has 0 aromatic carbocycles. The second-order valence-corrected chi connectivity index (χ2v) is 7.00. The molecule has 2 aromatic heterocycles. The van der Waals surface area contributed by atoms with Gasteiger partial charge in [-0.15, -0.1) is 5.10 Å². The Morgan fingerprint density at radius 1 is 1.23 bits per heavy atom. The van der Waals surface area contributed by atoms with E-state index >= 15 is 0 Å². The third-order valence-electron chi connectivity index (χ3n) is 4.70. The smallest absolute Gasteiger partial charge is 0.311 e. The number of pyridine rings is 1. The molecule has 0 aliphatic rings. The van der Waals surface area contributed by atoms with E-state index in [1.807, 2.05) is 0 Å². The SMILES string of the molecule is CC(=O)Nc1cc(C(C)C(C)(ONC(=O)c2cccnn2)C(F)(F)C(F)F)cc(C)n1. The molecule has 0 bridgehead atoms. The lowest BCUT2D eigenvalue weighted by Crippen LogP contribution is -2.58. The van der Waals surface area contributed by atoms with Crippen molar-refractivity contribution in [3.63, 3.8) is 0 Å². The van der Waals surface area contributed by atoms with Crippen molar-refractivity contribution in [1.82, 2.24) is 20.7 Å². The Labute approximate surface area is 175 Å². The van der Waals surface area contributed by atoms with Gasteiger partial charge in [0.25, 0.3) is 5.91 Å². The first kappa shape index (κ1) is 24.1. The number of nitrogens with zero attached hydrogens (tertiary/aromatic N) is 3. The summed E-state index contributed by atoms with van der Waals surface area (Å²) in [5.74, 6) is -7.49. The number of aryl methyl sites for hydroxylation is 1. The zero-order valence-corrected chi connectivity index (χ0v) is 17.1. The van der Waals surface area contributed by atoms with E-state index in [0.29, 0.717) is 5.69 Å². The first-order valence-electron chi connectivity index (χ1n) is 9.06. The van der Waals surface area contributed by atoms with Gasteiger partial charge in [-0.05, 0) is 43.7 Å². The molecule has 0 saturated carbocycles. The molecule has 0 spiro atoms. The van der Waals surface area contributed by atoms with Crippen molar-refractivity contribution in [1.29, 1.82) is 0 Å².